The van der Waals surface area contributed by atoms with Crippen molar-refractivity contribution < 1.29 is 9.53 Å². The lowest BCUT2D eigenvalue weighted by Crippen LogP contribution is -2.11. The lowest BCUT2D eigenvalue weighted by Gasteiger charge is -2.08. The molecule has 1 heterocycles. The Morgan fingerprint density at radius 3 is 2.79 bits per heavy atom. The largest absolute Gasteiger partial charge is 0.496 e. The van der Waals surface area contributed by atoms with Crippen LogP contribution in [-0.2, 0) is 0 Å². The monoisotopic (exact) mass is 253 g/mol. The van der Waals surface area contributed by atoms with E-state index in [0.717, 1.165) is 0 Å². The Labute approximate surface area is 110 Å². The van der Waals surface area contributed by atoms with Crippen molar-refractivity contribution in [3.63, 3.8) is 0 Å². The molecule has 5 heteroatoms. The first-order chi connectivity index (χ1) is 9.15. The van der Waals surface area contributed by atoms with E-state index < -0.39 is 5.91 Å². The number of nitrogens with two attached hydrogens (primary N) is 1. The average molecular weight is 253 g/mol. The zero-order chi connectivity index (χ0) is 13.8. The molecule has 19 heavy (non-hydrogen) atoms. The SMILES string of the molecule is COc1ccc(C#N)cc1-c1cc(C(N)=O)ccn1. The maximum atomic E-state index is 11.2. The molecule has 1 aromatic carbocycles. The van der Waals surface area contributed by atoms with Gasteiger partial charge in [-0.05, 0) is 30.3 Å². The third-order valence-corrected chi connectivity index (χ3v) is 2.65. The van der Waals surface area contributed by atoms with Gasteiger partial charge in [-0.2, -0.15) is 5.26 Å². The molecular formula is C14H11N3O2. The van der Waals surface area contributed by atoms with E-state index >= 15 is 0 Å². The summed E-state index contributed by atoms with van der Waals surface area (Å²) in [5.74, 6) is 0.0483. The smallest absolute Gasteiger partial charge is 0.248 e. The standard InChI is InChI=1S/C14H11N3O2/c1-19-13-3-2-9(8-15)6-11(13)12-7-10(14(16)18)4-5-17-12/h2-7H,1H3,(H2,16,18). The Balaban J connectivity index is 2.60. The van der Waals surface area contributed by atoms with Crippen molar-refractivity contribution in [3.8, 4) is 23.1 Å². The predicted molar refractivity (Wildman–Crippen MR) is 69.5 cm³/mol. The van der Waals surface area contributed by atoms with Crippen molar-refractivity contribution in [2.75, 3.05) is 7.11 Å². The Morgan fingerprint density at radius 1 is 1.37 bits per heavy atom. The van der Waals surface area contributed by atoms with E-state index in [-0.39, 0.29) is 0 Å². The van der Waals surface area contributed by atoms with Crippen LogP contribution >= 0.6 is 0 Å². The average Bonchev–Trinajstić information content (AvgIpc) is 2.46. The molecule has 2 rings (SSSR count). The fourth-order valence-electron chi connectivity index (χ4n) is 1.71. The fraction of sp³-hybridized carbons (Fsp3) is 0.0714. The molecule has 0 saturated heterocycles. The summed E-state index contributed by atoms with van der Waals surface area (Å²) in [6.45, 7) is 0. The molecule has 2 aromatic rings. The van der Waals surface area contributed by atoms with Crippen molar-refractivity contribution in [3.05, 3.63) is 47.7 Å². The van der Waals surface area contributed by atoms with E-state index in [4.69, 9.17) is 15.7 Å². The number of amides is 1. The van der Waals surface area contributed by atoms with Gasteiger partial charge < -0.3 is 10.5 Å². The van der Waals surface area contributed by atoms with E-state index in [2.05, 4.69) is 11.1 Å². The highest BCUT2D eigenvalue weighted by Gasteiger charge is 2.10. The topological polar surface area (TPSA) is 89.0 Å². The minimum absolute atomic E-state index is 0.356. The van der Waals surface area contributed by atoms with Crippen LogP contribution in [0, 0.1) is 11.3 Å². The van der Waals surface area contributed by atoms with Gasteiger partial charge in [0.05, 0.1) is 24.4 Å². The Hall–Kier alpha value is -2.87. The number of carbonyl (C=O) groups excluding carboxylic acids is 1. The van der Waals surface area contributed by atoms with Gasteiger partial charge in [0.15, 0.2) is 0 Å². The molecule has 0 fully saturated rings. The van der Waals surface area contributed by atoms with Crippen LogP contribution in [0.25, 0.3) is 11.3 Å². The molecular weight excluding hydrogens is 242 g/mol. The Morgan fingerprint density at radius 2 is 2.16 bits per heavy atom. The fourth-order valence-corrected chi connectivity index (χ4v) is 1.71. The number of nitriles is 1. The summed E-state index contributed by atoms with van der Waals surface area (Å²) in [5, 5.41) is 8.93. The number of rotatable bonds is 3. The summed E-state index contributed by atoms with van der Waals surface area (Å²) in [5.41, 5.74) is 7.26. The number of hydrogen-bond acceptors (Lipinski definition) is 4. The summed E-state index contributed by atoms with van der Waals surface area (Å²) in [6, 6.07) is 10.2. The predicted octanol–water partition coefficient (Wildman–Crippen LogP) is 1.73. The number of methoxy groups -OCH3 is 1. The highest BCUT2D eigenvalue weighted by Crippen LogP contribution is 2.29. The van der Waals surface area contributed by atoms with Crippen LogP contribution in [0.4, 0.5) is 0 Å². The maximum Gasteiger partial charge on any atom is 0.248 e. The van der Waals surface area contributed by atoms with E-state index in [1.807, 2.05) is 0 Å². The zero-order valence-corrected chi connectivity index (χ0v) is 10.3. The number of carbonyl (C=O) groups is 1. The third kappa shape index (κ3) is 2.53. The first kappa shape index (κ1) is 12.6. The summed E-state index contributed by atoms with van der Waals surface area (Å²) < 4.78 is 5.23. The molecule has 2 N–H and O–H groups in total. The Bertz CT molecular complexity index is 675. The first-order valence-electron chi connectivity index (χ1n) is 5.50. The zero-order valence-electron chi connectivity index (χ0n) is 10.3. The molecule has 94 valence electrons. The molecule has 0 atom stereocenters. The number of ether oxygens (including phenoxy) is 1. The molecule has 0 saturated carbocycles. The van der Waals surface area contributed by atoms with Gasteiger partial charge >= 0.3 is 0 Å². The lowest BCUT2D eigenvalue weighted by atomic mass is 10.0. The molecule has 0 aliphatic carbocycles. The van der Waals surface area contributed by atoms with Crippen molar-refractivity contribution in [2.24, 2.45) is 5.73 Å². The molecule has 1 amide bonds. The summed E-state index contributed by atoms with van der Waals surface area (Å²) in [6.07, 6.45) is 1.49. The van der Waals surface area contributed by atoms with Crippen LogP contribution in [0.5, 0.6) is 5.75 Å². The van der Waals surface area contributed by atoms with Crippen LogP contribution in [0.1, 0.15) is 15.9 Å². The number of nitrogens with zero attached hydrogens (tertiary/aromatic N) is 2. The van der Waals surface area contributed by atoms with E-state index in [9.17, 15) is 4.79 Å². The quantitative estimate of drug-likeness (QED) is 0.902. The maximum absolute atomic E-state index is 11.2. The molecule has 0 unspecified atom stereocenters. The van der Waals surface area contributed by atoms with Gasteiger partial charge in [0.1, 0.15) is 5.75 Å². The van der Waals surface area contributed by atoms with Crippen LogP contribution in [0.2, 0.25) is 0 Å². The van der Waals surface area contributed by atoms with Gasteiger partial charge in [0.2, 0.25) is 5.91 Å². The van der Waals surface area contributed by atoms with Crippen molar-refractivity contribution in [2.45, 2.75) is 0 Å². The molecule has 0 spiro atoms. The van der Waals surface area contributed by atoms with Crippen molar-refractivity contribution >= 4 is 5.91 Å². The van der Waals surface area contributed by atoms with Crippen LogP contribution in [0.15, 0.2) is 36.5 Å². The van der Waals surface area contributed by atoms with Gasteiger partial charge in [-0.25, -0.2) is 0 Å². The summed E-state index contributed by atoms with van der Waals surface area (Å²) in [4.78, 5) is 15.4. The number of pyridine rings is 1. The highest BCUT2D eigenvalue weighted by atomic mass is 16.5. The third-order valence-electron chi connectivity index (χ3n) is 2.65. The number of benzene rings is 1. The van der Waals surface area contributed by atoms with E-state index in [1.165, 1.54) is 19.4 Å². The van der Waals surface area contributed by atoms with Gasteiger partial charge in [0, 0.05) is 17.3 Å². The molecule has 0 aliphatic rings. The van der Waals surface area contributed by atoms with Crippen LogP contribution in [0.3, 0.4) is 0 Å². The van der Waals surface area contributed by atoms with E-state index in [1.54, 1.807) is 24.3 Å². The first-order valence-corrected chi connectivity index (χ1v) is 5.50. The van der Waals surface area contributed by atoms with Crippen LogP contribution < -0.4 is 10.5 Å². The van der Waals surface area contributed by atoms with Gasteiger partial charge in [-0.3, -0.25) is 9.78 Å². The minimum atomic E-state index is -0.529. The highest BCUT2D eigenvalue weighted by molar-refractivity contribution is 5.93. The number of hydrogen-bond donors (Lipinski definition) is 1. The van der Waals surface area contributed by atoms with Crippen LogP contribution in [-0.4, -0.2) is 18.0 Å². The Kier molecular flexibility index (Phi) is 3.44. The van der Waals surface area contributed by atoms with Crippen molar-refractivity contribution in [1.82, 2.24) is 4.98 Å². The summed E-state index contributed by atoms with van der Waals surface area (Å²) >= 11 is 0. The van der Waals surface area contributed by atoms with Crippen molar-refractivity contribution in [1.29, 1.82) is 5.26 Å². The second-order valence-electron chi connectivity index (χ2n) is 3.82. The number of primary amides is 1. The number of aromatic nitrogens is 1. The van der Waals surface area contributed by atoms with E-state index in [0.29, 0.717) is 28.1 Å². The van der Waals surface area contributed by atoms with Gasteiger partial charge in [0.25, 0.3) is 0 Å². The summed E-state index contributed by atoms with van der Waals surface area (Å²) in [7, 11) is 1.53. The molecule has 1 aromatic heterocycles. The van der Waals surface area contributed by atoms with Gasteiger partial charge in [-0.1, -0.05) is 0 Å². The molecule has 0 radical (unpaired) electrons. The second-order valence-corrected chi connectivity index (χ2v) is 3.82. The van der Waals surface area contributed by atoms with Gasteiger partial charge in [-0.15, -0.1) is 0 Å². The normalized spacial score (nSPS) is 9.68. The molecule has 5 nitrogen and oxygen atoms in total. The molecule has 0 aliphatic heterocycles. The molecule has 0 bridgehead atoms. The second kappa shape index (κ2) is 5.19. The minimum Gasteiger partial charge on any atom is -0.496 e. The lowest BCUT2D eigenvalue weighted by molar-refractivity contribution is 0.1000.